The van der Waals surface area contributed by atoms with Crippen LogP contribution in [0.15, 0.2) is 40.7 Å². The summed E-state index contributed by atoms with van der Waals surface area (Å²) in [6.07, 6.45) is 8.90. The standard InChI is InChI=1S/C26H30N10O4/c1-5-17(37)13-35-25(39)22-23(33(4)26(35)40)30-14-36(22)16(3)24(38)32-20-10-27-8-19(31-20)18-9-29-21(11-28-18)34-7-6-15(2)12-34/h8-11,14-16H,5-7,12-13H2,1-4H3,(H,31,32,38)/t15?,16-/m0/s1. The number of nitrogens with zero attached hydrogens (tertiary/aromatic N) is 9. The van der Waals surface area contributed by atoms with Crippen LogP contribution in [-0.2, 0) is 23.2 Å². The second-order valence-electron chi connectivity index (χ2n) is 10.0. The molecule has 0 bridgehead atoms. The molecule has 1 unspecified atom stereocenters. The van der Waals surface area contributed by atoms with Crippen molar-refractivity contribution in [1.82, 2.24) is 38.6 Å². The van der Waals surface area contributed by atoms with Crippen molar-refractivity contribution >= 4 is 34.5 Å². The minimum Gasteiger partial charge on any atom is -0.355 e. The van der Waals surface area contributed by atoms with Crippen LogP contribution in [0, 0.1) is 5.92 Å². The molecule has 0 aromatic carbocycles. The van der Waals surface area contributed by atoms with Crippen LogP contribution < -0.4 is 21.5 Å². The van der Waals surface area contributed by atoms with Gasteiger partial charge in [0.2, 0.25) is 5.91 Å². The first-order chi connectivity index (χ1) is 19.2. The largest absolute Gasteiger partial charge is 0.355 e. The number of amides is 1. The maximum atomic E-state index is 13.2. The molecule has 5 heterocycles. The van der Waals surface area contributed by atoms with Crippen LogP contribution in [0.25, 0.3) is 22.6 Å². The molecule has 1 saturated heterocycles. The third-order valence-corrected chi connectivity index (χ3v) is 7.12. The third-order valence-electron chi connectivity index (χ3n) is 7.12. The van der Waals surface area contributed by atoms with Gasteiger partial charge in [-0.1, -0.05) is 13.8 Å². The molecule has 14 heteroatoms. The van der Waals surface area contributed by atoms with Gasteiger partial charge in [0.15, 0.2) is 22.8 Å². The van der Waals surface area contributed by atoms with Crippen LogP contribution in [0.5, 0.6) is 0 Å². The maximum Gasteiger partial charge on any atom is 0.332 e. The van der Waals surface area contributed by atoms with Gasteiger partial charge >= 0.3 is 5.69 Å². The number of ketones is 1. The molecule has 1 aliphatic heterocycles. The number of rotatable bonds is 8. The molecule has 0 radical (unpaired) electrons. The Morgan fingerprint density at radius 2 is 1.90 bits per heavy atom. The second kappa shape index (κ2) is 10.8. The normalized spacial score (nSPS) is 15.9. The Bertz CT molecular complexity index is 1710. The van der Waals surface area contributed by atoms with Gasteiger partial charge in [0.05, 0.1) is 37.7 Å². The van der Waals surface area contributed by atoms with Crippen molar-refractivity contribution in [2.75, 3.05) is 23.3 Å². The van der Waals surface area contributed by atoms with E-state index in [2.05, 4.69) is 42.1 Å². The lowest BCUT2D eigenvalue weighted by Crippen LogP contribution is -2.41. The molecule has 4 aromatic heterocycles. The molecular weight excluding hydrogens is 516 g/mol. The molecule has 0 spiro atoms. The third kappa shape index (κ3) is 4.99. The summed E-state index contributed by atoms with van der Waals surface area (Å²) < 4.78 is 3.43. The molecule has 1 aliphatic rings. The summed E-state index contributed by atoms with van der Waals surface area (Å²) in [5.41, 5.74) is -0.246. The van der Waals surface area contributed by atoms with Gasteiger partial charge in [0, 0.05) is 26.6 Å². The zero-order chi connectivity index (χ0) is 28.6. The van der Waals surface area contributed by atoms with Crippen molar-refractivity contribution in [3.8, 4) is 11.4 Å². The number of carbonyl (C=O) groups is 2. The lowest BCUT2D eigenvalue weighted by molar-refractivity contribution is -0.120. The van der Waals surface area contributed by atoms with Crippen molar-refractivity contribution < 1.29 is 9.59 Å². The van der Waals surface area contributed by atoms with Crippen molar-refractivity contribution in [3.05, 3.63) is 52.0 Å². The lowest BCUT2D eigenvalue weighted by Gasteiger charge is -2.16. The summed E-state index contributed by atoms with van der Waals surface area (Å²) in [5.74, 6) is 0.867. The molecule has 1 fully saturated rings. The van der Waals surface area contributed by atoms with Gasteiger partial charge in [0.1, 0.15) is 23.2 Å². The zero-order valence-corrected chi connectivity index (χ0v) is 22.7. The predicted octanol–water partition coefficient (Wildman–Crippen LogP) is 1.17. The summed E-state index contributed by atoms with van der Waals surface area (Å²) in [6.45, 7) is 6.99. The number of aryl methyl sites for hydroxylation is 1. The number of carbonyl (C=O) groups excluding carboxylic acids is 2. The smallest absolute Gasteiger partial charge is 0.332 e. The van der Waals surface area contributed by atoms with E-state index >= 15 is 0 Å². The van der Waals surface area contributed by atoms with Crippen molar-refractivity contribution in [2.24, 2.45) is 13.0 Å². The Hall–Kier alpha value is -4.75. The van der Waals surface area contributed by atoms with Crippen LogP contribution in [0.2, 0.25) is 0 Å². The highest BCUT2D eigenvalue weighted by Gasteiger charge is 2.24. The first kappa shape index (κ1) is 26.8. The average Bonchev–Trinajstić information content (AvgIpc) is 3.61. The molecular formula is C26H30N10O4. The molecule has 208 valence electrons. The molecule has 0 aliphatic carbocycles. The Labute approximate surface area is 228 Å². The Kier molecular flexibility index (Phi) is 7.24. The van der Waals surface area contributed by atoms with Crippen LogP contribution in [0.3, 0.4) is 0 Å². The summed E-state index contributed by atoms with van der Waals surface area (Å²) in [5, 5.41) is 2.72. The second-order valence-corrected chi connectivity index (χ2v) is 10.0. The van der Waals surface area contributed by atoms with E-state index in [1.54, 1.807) is 26.2 Å². The number of aromatic nitrogens is 8. The van der Waals surface area contributed by atoms with Gasteiger partial charge in [-0.05, 0) is 19.3 Å². The fraction of sp³-hybridized carbons (Fsp3) is 0.423. The summed E-state index contributed by atoms with van der Waals surface area (Å²) in [6, 6.07) is -0.905. The molecule has 1 N–H and O–H groups in total. The van der Waals surface area contributed by atoms with E-state index < -0.39 is 23.2 Å². The number of fused-ring (bicyclic) bond motifs is 1. The van der Waals surface area contributed by atoms with E-state index in [0.717, 1.165) is 29.9 Å². The highest BCUT2D eigenvalue weighted by molar-refractivity contribution is 5.93. The fourth-order valence-corrected chi connectivity index (χ4v) is 4.68. The highest BCUT2D eigenvalue weighted by atomic mass is 16.2. The number of hydrogen-bond acceptors (Lipinski definition) is 10. The van der Waals surface area contributed by atoms with Crippen LogP contribution in [-0.4, -0.2) is 63.4 Å². The molecule has 5 rings (SSSR count). The van der Waals surface area contributed by atoms with E-state index in [9.17, 15) is 19.2 Å². The van der Waals surface area contributed by atoms with Gasteiger partial charge in [-0.25, -0.2) is 24.7 Å². The van der Waals surface area contributed by atoms with Gasteiger partial charge < -0.3 is 14.8 Å². The number of anilines is 2. The lowest BCUT2D eigenvalue weighted by atomic mass is 10.2. The molecule has 14 nitrogen and oxygen atoms in total. The van der Waals surface area contributed by atoms with E-state index in [1.807, 2.05) is 0 Å². The van der Waals surface area contributed by atoms with E-state index in [0.29, 0.717) is 17.3 Å². The molecule has 4 aromatic rings. The first-order valence-corrected chi connectivity index (χ1v) is 13.1. The molecule has 1 amide bonds. The minimum atomic E-state index is -0.905. The molecule has 2 atom stereocenters. The van der Waals surface area contributed by atoms with Crippen LogP contribution in [0.4, 0.5) is 11.6 Å². The van der Waals surface area contributed by atoms with Crippen LogP contribution in [0.1, 0.15) is 39.7 Å². The monoisotopic (exact) mass is 546 g/mol. The van der Waals surface area contributed by atoms with Crippen molar-refractivity contribution in [3.63, 3.8) is 0 Å². The molecule has 40 heavy (non-hydrogen) atoms. The summed E-state index contributed by atoms with van der Waals surface area (Å²) >= 11 is 0. The number of Topliss-reactive ketones (excluding diaryl/α,β-unsaturated/α-hetero) is 1. The Morgan fingerprint density at radius 3 is 2.58 bits per heavy atom. The summed E-state index contributed by atoms with van der Waals surface area (Å²) in [4.78, 5) is 75.1. The topological polar surface area (TPSA) is 163 Å². The minimum absolute atomic E-state index is 0.0382. The molecule has 0 saturated carbocycles. The van der Waals surface area contributed by atoms with Gasteiger partial charge in [-0.2, -0.15) is 0 Å². The predicted molar refractivity (Wildman–Crippen MR) is 147 cm³/mol. The van der Waals surface area contributed by atoms with Crippen molar-refractivity contribution in [2.45, 2.75) is 46.2 Å². The summed E-state index contributed by atoms with van der Waals surface area (Å²) in [7, 11) is 1.46. The van der Waals surface area contributed by atoms with E-state index in [1.165, 1.54) is 34.9 Å². The number of hydrogen-bond donors (Lipinski definition) is 1. The zero-order valence-electron chi connectivity index (χ0n) is 22.7. The number of nitrogens with one attached hydrogen (secondary N) is 1. The van der Waals surface area contributed by atoms with Gasteiger partial charge in [0.25, 0.3) is 5.56 Å². The maximum absolute atomic E-state index is 13.2. The SMILES string of the molecule is CCC(=O)Cn1c(=O)c2c(ncn2[C@@H](C)C(=O)Nc2cncc(-c3cnc(N4CCC(C)C4)cn3)n2)n(C)c1=O. The van der Waals surface area contributed by atoms with Gasteiger partial charge in [-0.3, -0.25) is 28.5 Å². The average molecular weight is 547 g/mol. The van der Waals surface area contributed by atoms with Crippen LogP contribution >= 0.6 is 0 Å². The van der Waals surface area contributed by atoms with Crippen molar-refractivity contribution in [1.29, 1.82) is 0 Å². The quantitative estimate of drug-likeness (QED) is 0.339. The highest BCUT2D eigenvalue weighted by Crippen LogP contribution is 2.23. The Balaban J connectivity index is 1.38. The Morgan fingerprint density at radius 1 is 1.10 bits per heavy atom. The fourth-order valence-electron chi connectivity index (χ4n) is 4.68. The van der Waals surface area contributed by atoms with E-state index in [-0.39, 0.29) is 35.7 Å². The van der Waals surface area contributed by atoms with E-state index in [4.69, 9.17) is 0 Å². The van der Waals surface area contributed by atoms with Gasteiger partial charge in [-0.15, -0.1) is 0 Å². The first-order valence-electron chi connectivity index (χ1n) is 13.1. The number of imidazole rings is 1.